The van der Waals surface area contributed by atoms with Crippen LogP contribution in [0.5, 0.6) is 5.75 Å². The van der Waals surface area contributed by atoms with E-state index >= 15 is 0 Å². The summed E-state index contributed by atoms with van der Waals surface area (Å²) in [6.45, 7) is 2.51. The van der Waals surface area contributed by atoms with Gasteiger partial charge < -0.3 is 9.64 Å². The number of amides is 1. The summed E-state index contributed by atoms with van der Waals surface area (Å²) in [6, 6.07) is 11.0. The van der Waals surface area contributed by atoms with Crippen molar-refractivity contribution in [1.82, 2.24) is 9.88 Å². The first-order chi connectivity index (χ1) is 10.1. The third-order valence-electron chi connectivity index (χ3n) is 3.76. The lowest BCUT2D eigenvalue weighted by Gasteiger charge is -2.21. The Labute approximate surface area is 128 Å². The molecule has 0 N–H and O–H groups in total. The number of nitrogens with zero attached hydrogens (tertiary/aromatic N) is 2. The van der Waals surface area contributed by atoms with E-state index in [1.165, 1.54) is 0 Å². The molecule has 1 aromatic carbocycles. The van der Waals surface area contributed by atoms with Gasteiger partial charge in [-0.3, -0.25) is 4.79 Å². The maximum absolute atomic E-state index is 12.5. The Bertz CT molecular complexity index is 685. The topological polar surface area (TPSA) is 42.4 Å². The number of hydrogen-bond acceptors (Lipinski definition) is 3. The molecule has 4 nitrogen and oxygen atoms in total. The van der Waals surface area contributed by atoms with Gasteiger partial charge >= 0.3 is 0 Å². The van der Waals surface area contributed by atoms with Crippen LogP contribution in [-0.2, 0) is 6.54 Å². The largest absolute Gasteiger partial charge is 0.497 e. The maximum Gasteiger partial charge on any atom is 0.256 e. The van der Waals surface area contributed by atoms with Crippen LogP contribution in [0.15, 0.2) is 36.4 Å². The predicted octanol–water partition coefficient (Wildman–Crippen LogP) is 3.46. The molecule has 1 amide bonds. The number of aromatic nitrogens is 1. The highest BCUT2D eigenvalue weighted by atomic mass is 35.5. The summed E-state index contributed by atoms with van der Waals surface area (Å²) < 4.78 is 5.14. The quantitative estimate of drug-likeness (QED) is 0.815. The Morgan fingerprint density at radius 2 is 1.95 bits per heavy atom. The molecule has 1 aromatic heterocycles. The number of rotatable bonds is 3. The van der Waals surface area contributed by atoms with E-state index in [1.807, 2.05) is 31.2 Å². The van der Waals surface area contributed by atoms with E-state index < -0.39 is 0 Å². The van der Waals surface area contributed by atoms with Gasteiger partial charge in [0.2, 0.25) is 0 Å². The van der Waals surface area contributed by atoms with Crippen molar-refractivity contribution in [3.63, 3.8) is 0 Å². The number of carbonyl (C=O) groups is 1. The second-order valence-electron chi connectivity index (χ2n) is 5.02. The highest BCUT2D eigenvalue weighted by Gasteiger charge is 2.35. The molecular formula is C16H15ClN2O2. The molecule has 0 fully saturated rings. The Kier molecular flexibility index (Phi) is 3.55. The monoisotopic (exact) mass is 302 g/mol. The number of ether oxygens (including phenoxy) is 1. The van der Waals surface area contributed by atoms with E-state index in [2.05, 4.69) is 4.98 Å². The van der Waals surface area contributed by atoms with Gasteiger partial charge in [0.25, 0.3) is 5.91 Å². The minimum absolute atomic E-state index is 0.00233. The van der Waals surface area contributed by atoms with Crippen molar-refractivity contribution in [3.05, 3.63) is 58.4 Å². The summed E-state index contributed by atoms with van der Waals surface area (Å²) in [7, 11) is 1.63. The average molecular weight is 303 g/mol. The summed E-state index contributed by atoms with van der Waals surface area (Å²) >= 11 is 5.92. The SMILES string of the molecule is COc1ccc(CN2C(=O)c3ccc(Cl)nc3C2C)cc1. The molecule has 2 heterocycles. The second-order valence-corrected chi connectivity index (χ2v) is 5.41. The lowest BCUT2D eigenvalue weighted by Crippen LogP contribution is -2.26. The molecule has 0 aliphatic carbocycles. The normalized spacial score (nSPS) is 17.0. The van der Waals surface area contributed by atoms with E-state index in [9.17, 15) is 4.79 Å². The predicted molar refractivity (Wildman–Crippen MR) is 80.5 cm³/mol. The first kappa shape index (κ1) is 13.9. The van der Waals surface area contributed by atoms with E-state index in [0.29, 0.717) is 17.3 Å². The summed E-state index contributed by atoms with van der Waals surface area (Å²) in [5, 5.41) is 0.416. The highest BCUT2D eigenvalue weighted by Crippen LogP contribution is 2.33. The van der Waals surface area contributed by atoms with Crippen LogP contribution in [0.2, 0.25) is 5.15 Å². The minimum Gasteiger partial charge on any atom is -0.497 e. The average Bonchev–Trinajstić information content (AvgIpc) is 2.73. The minimum atomic E-state index is -0.0756. The zero-order valence-corrected chi connectivity index (χ0v) is 12.6. The Morgan fingerprint density at radius 1 is 1.24 bits per heavy atom. The van der Waals surface area contributed by atoms with Gasteiger partial charge in [-0.05, 0) is 36.8 Å². The lowest BCUT2D eigenvalue weighted by molar-refractivity contribution is 0.0722. The molecule has 0 saturated heterocycles. The molecular weight excluding hydrogens is 288 g/mol. The number of carbonyl (C=O) groups excluding carboxylic acids is 1. The van der Waals surface area contributed by atoms with Crippen molar-refractivity contribution in [3.8, 4) is 5.75 Å². The molecule has 0 spiro atoms. The van der Waals surface area contributed by atoms with Gasteiger partial charge in [-0.15, -0.1) is 0 Å². The van der Waals surface area contributed by atoms with Gasteiger partial charge in [-0.1, -0.05) is 23.7 Å². The molecule has 21 heavy (non-hydrogen) atoms. The van der Waals surface area contributed by atoms with E-state index in [1.54, 1.807) is 24.1 Å². The van der Waals surface area contributed by atoms with Crippen LogP contribution in [0.25, 0.3) is 0 Å². The van der Waals surface area contributed by atoms with Gasteiger partial charge in [-0.2, -0.15) is 0 Å². The Balaban J connectivity index is 1.85. The molecule has 2 aromatic rings. The van der Waals surface area contributed by atoms with Crippen LogP contribution in [0.3, 0.4) is 0 Å². The highest BCUT2D eigenvalue weighted by molar-refractivity contribution is 6.29. The summed E-state index contributed by atoms with van der Waals surface area (Å²) in [5.74, 6) is 0.800. The van der Waals surface area contributed by atoms with Crippen molar-refractivity contribution in [2.24, 2.45) is 0 Å². The van der Waals surface area contributed by atoms with Crippen LogP contribution in [0, 0.1) is 0 Å². The Morgan fingerprint density at radius 3 is 2.62 bits per heavy atom. The zero-order valence-electron chi connectivity index (χ0n) is 11.8. The molecule has 1 aliphatic heterocycles. The van der Waals surface area contributed by atoms with Gasteiger partial charge in [0.05, 0.1) is 24.4 Å². The van der Waals surface area contributed by atoms with Gasteiger partial charge in [0, 0.05) is 6.54 Å². The molecule has 0 bridgehead atoms. The number of benzene rings is 1. The van der Waals surface area contributed by atoms with Crippen molar-refractivity contribution < 1.29 is 9.53 Å². The van der Waals surface area contributed by atoms with Crippen molar-refractivity contribution in [2.75, 3.05) is 7.11 Å². The standard InChI is InChI=1S/C16H15ClN2O2/c1-10-15-13(7-8-14(17)18-15)16(20)19(10)9-11-3-5-12(21-2)6-4-11/h3-8,10H,9H2,1-2H3. The number of methoxy groups -OCH3 is 1. The van der Waals surface area contributed by atoms with Crippen LogP contribution in [0.4, 0.5) is 0 Å². The van der Waals surface area contributed by atoms with Crippen molar-refractivity contribution >= 4 is 17.5 Å². The second kappa shape index (κ2) is 5.37. The fourth-order valence-corrected chi connectivity index (χ4v) is 2.72. The molecule has 0 saturated carbocycles. The summed E-state index contributed by atoms with van der Waals surface area (Å²) in [6.07, 6.45) is 0. The van der Waals surface area contributed by atoms with Gasteiger partial charge in [0.15, 0.2) is 0 Å². The lowest BCUT2D eigenvalue weighted by atomic mass is 10.1. The molecule has 1 unspecified atom stereocenters. The number of pyridine rings is 1. The van der Waals surface area contributed by atoms with Crippen LogP contribution in [-0.4, -0.2) is 22.9 Å². The molecule has 108 valence electrons. The van der Waals surface area contributed by atoms with Crippen LogP contribution in [0.1, 0.15) is 34.6 Å². The van der Waals surface area contributed by atoms with Crippen molar-refractivity contribution in [1.29, 1.82) is 0 Å². The van der Waals surface area contributed by atoms with E-state index in [-0.39, 0.29) is 11.9 Å². The molecule has 3 rings (SSSR count). The number of halogens is 1. The fraction of sp³-hybridized carbons (Fsp3) is 0.250. The van der Waals surface area contributed by atoms with E-state index in [0.717, 1.165) is 17.0 Å². The molecule has 1 aliphatic rings. The summed E-state index contributed by atoms with van der Waals surface area (Å²) in [5.41, 5.74) is 2.44. The van der Waals surface area contributed by atoms with E-state index in [4.69, 9.17) is 16.3 Å². The first-order valence-electron chi connectivity index (χ1n) is 6.70. The third-order valence-corrected chi connectivity index (χ3v) is 3.97. The zero-order chi connectivity index (χ0) is 15.0. The molecule has 5 heteroatoms. The van der Waals surface area contributed by atoms with Crippen LogP contribution < -0.4 is 4.74 Å². The molecule has 0 radical (unpaired) electrons. The van der Waals surface area contributed by atoms with Crippen LogP contribution >= 0.6 is 11.6 Å². The smallest absolute Gasteiger partial charge is 0.256 e. The fourth-order valence-electron chi connectivity index (χ4n) is 2.56. The summed E-state index contributed by atoms with van der Waals surface area (Å²) in [4.78, 5) is 18.6. The maximum atomic E-state index is 12.5. The van der Waals surface area contributed by atoms with Crippen molar-refractivity contribution in [2.45, 2.75) is 19.5 Å². The van der Waals surface area contributed by atoms with Gasteiger partial charge in [0.1, 0.15) is 10.9 Å². The van der Waals surface area contributed by atoms with Gasteiger partial charge in [-0.25, -0.2) is 4.98 Å². The third kappa shape index (κ3) is 2.47. The Hall–Kier alpha value is -2.07. The molecule has 1 atom stereocenters. The number of hydrogen-bond donors (Lipinski definition) is 0. The number of fused-ring (bicyclic) bond motifs is 1. The first-order valence-corrected chi connectivity index (χ1v) is 7.08.